The molecule has 3 amide bonds. The number of nitrogens with one attached hydrogen (secondary N) is 4. The Hall–Kier alpha value is -5.12. The number of esters is 1. The normalized spacial score (nSPS) is 13.0. The van der Waals surface area contributed by atoms with Crippen LogP contribution in [0.25, 0.3) is 22.0 Å². The van der Waals surface area contributed by atoms with Crippen molar-refractivity contribution < 1.29 is 28.7 Å². The van der Waals surface area contributed by atoms with Crippen molar-refractivity contribution in [2.75, 3.05) is 6.61 Å². The maximum atomic E-state index is 13.2. The smallest absolute Gasteiger partial charge is 0.426 e. The van der Waals surface area contributed by atoms with Crippen LogP contribution in [0.3, 0.4) is 0 Å². The summed E-state index contributed by atoms with van der Waals surface area (Å²) >= 11 is 0. The highest BCUT2D eigenvalue weighted by atomic mass is 16.6. The zero-order valence-electron chi connectivity index (χ0n) is 23.5. The van der Waals surface area contributed by atoms with Gasteiger partial charge in [-0.25, -0.2) is 15.0 Å². The third-order valence-electron chi connectivity index (χ3n) is 6.94. The highest BCUT2D eigenvalue weighted by molar-refractivity contribution is 6.33. The molecule has 10 heteroatoms. The Morgan fingerprint density at radius 2 is 1.48 bits per heavy atom. The number of hydrazine groups is 1. The van der Waals surface area contributed by atoms with Gasteiger partial charge in [0.15, 0.2) is 0 Å². The molecule has 216 valence electrons. The second kappa shape index (κ2) is 11.8. The van der Waals surface area contributed by atoms with Gasteiger partial charge in [0.2, 0.25) is 0 Å². The molecule has 42 heavy (non-hydrogen) atoms. The van der Waals surface area contributed by atoms with Crippen LogP contribution in [0.4, 0.5) is 4.79 Å². The molecule has 5 rings (SSSR count). The van der Waals surface area contributed by atoms with Crippen molar-refractivity contribution in [2.24, 2.45) is 0 Å². The molecule has 0 spiro atoms. The van der Waals surface area contributed by atoms with Gasteiger partial charge in [-0.2, -0.15) is 0 Å². The molecule has 1 atom stereocenters. The SMILES string of the molecule is CC(C)(C)OC(=O)C(=O)N[C@H](Cc1c[nH]c2ccccc12)C(=O)NNC(=O)OCC1c2ccccc2-c2ccccc21. The first-order valence-corrected chi connectivity index (χ1v) is 13.6. The maximum absolute atomic E-state index is 13.2. The standard InChI is InChI=1S/C32H32N4O6/c1-32(2,3)42-30(39)29(38)34-27(16-19-17-33-26-15-9-8-10-20(19)26)28(37)35-36-31(40)41-18-25-23-13-6-4-11-21(23)22-12-5-7-14-24(22)25/h4-15,17,25,27,33H,16,18H2,1-3H3,(H,34,38)(H,35,37)(H,36,40)/t27-/m1/s1. The molecule has 0 radical (unpaired) electrons. The average molecular weight is 569 g/mol. The molecule has 4 aromatic rings. The molecule has 1 heterocycles. The minimum absolute atomic E-state index is 0.0384. The average Bonchev–Trinajstić information content (AvgIpc) is 3.52. The molecule has 1 aliphatic carbocycles. The Morgan fingerprint density at radius 3 is 2.14 bits per heavy atom. The zero-order valence-corrected chi connectivity index (χ0v) is 23.5. The first kappa shape index (κ1) is 28.4. The first-order chi connectivity index (χ1) is 20.1. The minimum atomic E-state index is -1.21. The van der Waals surface area contributed by atoms with Crippen LogP contribution in [0.1, 0.15) is 43.4 Å². The summed E-state index contributed by atoms with van der Waals surface area (Å²) in [5.74, 6) is -3.10. The van der Waals surface area contributed by atoms with Crippen LogP contribution in [0.15, 0.2) is 79.0 Å². The Labute approximate surface area is 242 Å². The number of amides is 3. The van der Waals surface area contributed by atoms with Gasteiger partial charge in [-0.05, 0) is 54.7 Å². The Balaban J connectivity index is 1.24. The fraction of sp³-hybridized carbons (Fsp3) is 0.250. The predicted molar refractivity (Wildman–Crippen MR) is 156 cm³/mol. The van der Waals surface area contributed by atoms with E-state index < -0.39 is 35.5 Å². The fourth-order valence-corrected chi connectivity index (χ4v) is 5.11. The van der Waals surface area contributed by atoms with E-state index in [9.17, 15) is 19.2 Å². The summed E-state index contributed by atoms with van der Waals surface area (Å²) in [5.41, 5.74) is 9.55. The number of hydrogen-bond acceptors (Lipinski definition) is 6. The van der Waals surface area contributed by atoms with Gasteiger partial charge in [-0.15, -0.1) is 0 Å². The van der Waals surface area contributed by atoms with Crippen molar-refractivity contribution in [1.29, 1.82) is 0 Å². The molecule has 4 N–H and O–H groups in total. The van der Waals surface area contributed by atoms with E-state index in [1.807, 2.05) is 72.8 Å². The largest absolute Gasteiger partial charge is 0.453 e. The number of carbonyl (C=O) groups excluding carboxylic acids is 4. The molecule has 0 unspecified atom stereocenters. The van der Waals surface area contributed by atoms with Gasteiger partial charge in [-0.1, -0.05) is 66.7 Å². The zero-order chi connectivity index (χ0) is 29.9. The molecule has 10 nitrogen and oxygen atoms in total. The van der Waals surface area contributed by atoms with Crippen LogP contribution in [0.2, 0.25) is 0 Å². The third kappa shape index (κ3) is 6.27. The summed E-state index contributed by atoms with van der Waals surface area (Å²) in [6, 6.07) is 22.2. The van der Waals surface area contributed by atoms with Crippen molar-refractivity contribution in [3.8, 4) is 11.1 Å². The van der Waals surface area contributed by atoms with Crippen molar-refractivity contribution in [3.05, 3.63) is 95.7 Å². The topological polar surface area (TPSA) is 139 Å². The number of fused-ring (bicyclic) bond motifs is 4. The molecule has 0 bridgehead atoms. The van der Waals surface area contributed by atoms with Gasteiger partial charge < -0.3 is 19.8 Å². The summed E-state index contributed by atoms with van der Waals surface area (Å²) in [4.78, 5) is 53.9. The van der Waals surface area contributed by atoms with Crippen molar-refractivity contribution in [2.45, 2.75) is 44.8 Å². The summed E-state index contributed by atoms with van der Waals surface area (Å²) in [5, 5.41) is 3.29. The van der Waals surface area contributed by atoms with Crippen molar-refractivity contribution >= 4 is 34.8 Å². The summed E-state index contributed by atoms with van der Waals surface area (Å²) in [6.45, 7) is 4.95. The number of carbonyl (C=O) groups is 4. The van der Waals surface area contributed by atoms with Gasteiger partial charge in [0.05, 0.1) is 0 Å². The van der Waals surface area contributed by atoms with E-state index in [-0.39, 0.29) is 18.9 Å². The minimum Gasteiger partial charge on any atom is -0.453 e. The Morgan fingerprint density at radius 1 is 0.857 bits per heavy atom. The van der Waals surface area contributed by atoms with Crippen LogP contribution in [0, 0.1) is 0 Å². The lowest BCUT2D eigenvalue weighted by Crippen LogP contribution is -2.54. The van der Waals surface area contributed by atoms with Gasteiger partial charge in [-0.3, -0.25) is 15.0 Å². The molecule has 1 aliphatic rings. The Bertz CT molecular complexity index is 1610. The lowest BCUT2D eigenvalue weighted by molar-refractivity contribution is -0.163. The summed E-state index contributed by atoms with van der Waals surface area (Å²) in [7, 11) is 0. The number of aromatic amines is 1. The molecule has 0 saturated carbocycles. The number of rotatable bonds is 6. The molecule has 0 aliphatic heterocycles. The number of aromatic nitrogens is 1. The number of H-pyrrole nitrogens is 1. The number of para-hydroxylation sites is 1. The van der Waals surface area contributed by atoms with Crippen LogP contribution in [-0.2, 0) is 30.3 Å². The molecule has 0 fully saturated rings. The van der Waals surface area contributed by atoms with Gasteiger partial charge in [0.25, 0.3) is 5.91 Å². The third-order valence-corrected chi connectivity index (χ3v) is 6.94. The van der Waals surface area contributed by atoms with E-state index in [0.717, 1.165) is 38.7 Å². The fourth-order valence-electron chi connectivity index (χ4n) is 5.11. The molecule has 3 aromatic carbocycles. The number of ether oxygens (including phenoxy) is 2. The highest BCUT2D eigenvalue weighted by Gasteiger charge is 2.31. The van der Waals surface area contributed by atoms with Crippen LogP contribution < -0.4 is 16.2 Å². The predicted octanol–water partition coefficient (Wildman–Crippen LogP) is 4.11. The van der Waals surface area contributed by atoms with Gasteiger partial charge >= 0.3 is 18.0 Å². The summed E-state index contributed by atoms with van der Waals surface area (Å²) in [6.07, 6.45) is 0.898. The van der Waals surface area contributed by atoms with Gasteiger partial charge in [0.1, 0.15) is 18.2 Å². The van der Waals surface area contributed by atoms with E-state index >= 15 is 0 Å². The van der Waals surface area contributed by atoms with Crippen molar-refractivity contribution in [1.82, 2.24) is 21.2 Å². The van der Waals surface area contributed by atoms with E-state index in [1.54, 1.807) is 27.0 Å². The van der Waals surface area contributed by atoms with Crippen LogP contribution >= 0.6 is 0 Å². The molecule has 0 saturated heterocycles. The van der Waals surface area contributed by atoms with Crippen LogP contribution in [-0.4, -0.2) is 47.1 Å². The second-order valence-electron chi connectivity index (χ2n) is 11.0. The van der Waals surface area contributed by atoms with Crippen LogP contribution in [0.5, 0.6) is 0 Å². The second-order valence-corrected chi connectivity index (χ2v) is 11.0. The lowest BCUT2D eigenvalue weighted by atomic mass is 9.98. The Kier molecular flexibility index (Phi) is 7.97. The van der Waals surface area contributed by atoms with E-state index in [4.69, 9.17) is 9.47 Å². The number of benzene rings is 3. The monoisotopic (exact) mass is 568 g/mol. The van der Waals surface area contributed by atoms with E-state index in [1.165, 1.54) is 0 Å². The number of hydrogen-bond donors (Lipinski definition) is 4. The molecule has 1 aromatic heterocycles. The van der Waals surface area contributed by atoms with Crippen molar-refractivity contribution in [3.63, 3.8) is 0 Å². The molecular weight excluding hydrogens is 536 g/mol. The maximum Gasteiger partial charge on any atom is 0.426 e. The lowest BCUT2D eigenvalue weighted by Gasteiger charge is -2.21. The van der Waals surface area contributed by atoms with E-state index in [0.29, 0.717) is 0 Å². The van der Waals surface area contributed by atoms with Gasteiger partial charge in [0, 0.05) is 29.4 Å². The molecular formula is C32H32N4O6. The first-order valence-electron chi connectivity index (χ1n) is 13.6. The van der Waals surface area contributed by atoms with E-state index in [2.05, 4.69) is 21.2 Å². The highest BCUT2D eigenvalue weighted by Crippen LogP contribution is 2.44. The quantitative estimate of drug-likeness (QED) is 0.157. The summed E-state index contributed by atoms with van der Waals surface area (Å²) < 4.78 is 10.6.